The Labute approximate surface area is 90.7 Å². The fraction of sp³-hybridized carbons (Fsp3) is 0.455. The van der Waals surface area contributed by atoms with Gasteiger partial charge in [-0.1, -0.05) is 12.1 Å². The lowest BCUT2D eigenvalue weighted by Crippen LogP contribution is -2.20. The molecule has 1 aliphatic rings. The number of hydrogen-bond donors (Lipinski definition) is 1. The Morgan fingerprint density at radius 1 is 1.19 bits per heavy atom. The zero-order valence-electron chi connectivity index (χ0n) is 8.37. The van der Waals surface area contributed by atoms with Crippen LogP contribution in [0.2, 0.25) is 0 Å². The second-order valence-electron chi connectivity index (χ2n) is 3.83. The first-order chi connectivity index (χ1) is 7.47. The maximum absolute atomic E-state index is 12.2. The van der Waals surface area contributed by atoms with E-state index < -0.39 is 12.3 Å². The highest BCUT2D eigenvalue weighted by Gasteiger charge is 2.39. The minimum absolute atomic E-state index is 0.171. The zero-order chi connectivity index (χ0) is 11.8. The SMILES string of the molecule is O[C@H](c1ccc(OC2CC2)cc1)C(F)(F)F. The highest BCUT2D eigenvalue weighted by Crippen LogP contribution is 2.33. The van der Waals surface area contributed by atoms with Crippen LogP contribution in [0, 0.1) is 0 Å². The fourth-order valence-electron chi connectivity index (χ4n) is 1.30. The summed E-state index contributed by atoms with van der Waals surface area (Å²) in [6.07, 6.45) is -4.86. The number of rotatable bonds is 3. The highest BCUT2D eigenvalue weighted by molar-refractivity contribution is 5.29. The summed E-state index contributed by atoms with van der Waals surface area (Å²) in [4.78, 5) is 0. The average Bonchev–Trinajstić information content (AvgIpc) is 3.00. The summed E-state index contributed by atoms with van der Waals surface area (Å²) in [5, 5.41) is 8.98. The molecule has 0 aromatic heterocycles. The minimum atomic E-state index is -4.63. The second kappa shape index (κ2) is 3.97. The largest absolute Gasteiger partial charge is 0.490 e. The van der Waals surface area contributed by atoms with Crippen LogP contribution in [-0.2, 0) is 0 Å². The molecule has 16 heavy (non-hydrogen) atoms. The standard InChI is InChI=1S/C11H11F3O2/c12-11(13,14)10(15)7-1-3-8(4-2-7)16-9-5-6-9/h1-4,9-10,15H,5-6H2/t10-/m1/s1. The van der Waals surface area contributed by atoms with Crippen LogP contribution in [0.15, 0.2) is 24.3 Å². The van der Waals surface area contributed by atoms with Crippen molar-refractivity contribution in [1.29, 1.82) is 0 Å². The van der Waals surface area contributed by atoms with Gasteiger partial charge < -0.3 is 9.84 Å². The summed E-state index contributed by atoms with van der Waals surface area (Å²) in [5.74, 6) is 0.542. The molecule has 1 N–H and O–H groups in total. The predicted octanol–water partition coefficient (Wildman–Crippen LogP) is 2.82. The summed E-state index contributed by atoms with van der Waals surface area (Å²) in [6, 6.07) is 5.36. The Morgan fingerprint density at radius 3 is 2.19 bits per heavy atom. The van der Waals surface area contributed by atoms with Gasteiger partial charge in [0.05, 0.1) is 6.10 Å². The van der Waals surface area contributed by atoms with Gasteiger partial charge in [-0.15, -0.1) is 0 Å². The smallest absolute Gasteiger partial charge is 0.418 e. The lowest BCUT2D eigenvalue weighted by atomic mass is 10.1. The van der Waals surface area contributed by atoms with Crippen molar-refractivity contribution in [2.45, 2.75) is 31.2 Å². The van der Waals surface area contributed by atoms with Crippen LogP contribution in [0.1, 0.15) is 24.5 Å². The van der Waals surface area contributed by atoms with Gasteiger partial charge in [-0.25, -0.2) is 0 Å². The van der Waals surface area contributed by atoms with Gasteiger partial charge in [0.1, 0.15) is 5.75 Å². The summed E-state index contributed by atoms with van der Waals surface area (Å²) in [6.45, 7) is 0. The quantitative estimate of drug-likeness (QED) is 0.868. The average molecular weight is 232 g/mol. The predicted molar refractivity (Wildman–Crippen MR) is 51.1 cm³/mol. The third-order valence-corrected chi connectivity index (χ3v) is 2.33. The van der Waals surface area contributed by atoms with Crippen molar-refractivity contribution in [3.8, 4) is 5.75 Å². The topological polar surface area (TPSA) is 29.5 Å². The van der Waals surface area contributed by atoms with Crippen molar-refractivity contribution in [3.05, 3.63) is 29.8 Å². The Bertz CT molecular complexity index is 354. The monoisotopic (exact) mass is 232 g/mol. The number of aliphatic hydroxyl groups is 1. The van der Waals surface area contributed by atoms with Gasteiger partial charge in [-0.2, -0.15) is 13.2 Å². The molecule has 1 aromatic rings. The van der Waals surface area contributed by atoms with Gasteiger partial charge in [-0.05, 0) is 30.5 Å². The maximum Gasteiger partial charge on any atom is 0.418 e. The van der Waals surface area contributed by atoms with Crippen molar-refractivity contribution in [2.75, 3.05) is 0 Å². The first-order valence-corrected chi connectivity index (χ1v) is 4.98. The van der Waals surface area contributed by atoms with Crippen molar-refractivity contribution in [3.63, 3.8) is 0 Å². The van der Waals surface area contributed by atoms with Crippen LogP contribution in [0.3, 0.4) is 0 Å². The molecule has 2 nitrogen and oxygen atoms in total. The molecule has 2 rings (SSSR count). The summed E-state index contributed by atoms with van der Waals surface area (Å²) >= 11 is 0. The van der Waals surface area contributed by atoms with Gasteiger partial charge in [0.15, 0.2) is 6.10 Å². The Hall–Kier alpha value is -1.23. The normalized spacial score (nSPS) is 18.2. The van der Waals surface area contributed by atoms with Crippen LogP contribution in [0.25, 0.3) is 0 Å². The summed E-state index contributed by atoms with van der Waals surface area (Å²) in [5.41, 5.74) is -0.171. The van der Waals surface area contributed by atoms with E-state index in [0.717, 1.165) is 12.8 Å². The van der Waals surface area contributed by atoms with Gasteiger partial charge in [0, 0.05) is 0 Å². The molecule has 0 aliphatic heterocycles. The number of alkyl halides is 3. The molecule has 0 amide bonds. The van der Waals surface area contributed by atoms with E-state index in [1.165, 1.54) is 24.3 Å². The van der Waals surface area contributed by atoms with E-state index >= 15 is 0 Å². The molecule has 88 valence electrons. The lowest BCUT2D eigenvalue weighted by molar-refractivity contribution is -0.206. The number of ether oxygens (including phenoxy) is 1. The third kappa shape index (κ3) is 2.66. The van der Waals surface area contributed by atoms with Crippen molar-refractivity contribution in [2.24, 2.45) is 0 Å². The van der Waals surface area contributed by atoms with E-state index in [0.29, 0.717) is 5.75 Å². The van der Waals surface area contributed by atoms with Crippen LogP contribution in [0.4, 0.5) is 13.2 Å². The number of benzene rings is 1. The van der Waals surface area contributed by atoms with E-state index in [1.807, 2.05) is 0 Å². The first-order valence-electron chi connectivity index (χ1n) is 4.98. The molecule has 0 radical (unpaired) electrons. The third-order valence-electron chi connectivity index (χ3n) is 2.33. The van der Waals surface area contributed by atoms with Gasteiger partial charge in [0.2, 0.25) is 0 Å². The number of hydrogen-bond acceptors (Lipinski definition) is 2. The van der Waals surface area contributed by atoms with E-state index in [9.17, 15) is 13.2 Å². The molecule has 0 unspecified atom stereocenters. The second-order valence-corrected chi connectivity index (χ2v) is 3.83. The lowest BCUT2D eigenvalue weighted by Gasteiger charge is -2.15. The molecule has 1 fully saturated rings. The molecule has 1 aliphatic carbocycles. The maximum atomic E-state index is 12.2. The van der Waals surface area contributed by atoms with E-state index in [4.69, 9.17) is 9.84 Å². The molecular formula is C11H11F3O2. The Balaban J connectivity index is 2.05. The number of aliphatic hydroxyl groups excluding tert-OH is 1. The molecule has 0 saturated heterocycles. The summed E-state index contributed by atoms with van der Waals surface area (Å²) < 4.78 is 41.9. The van der Waals surface area contributed by atoms with Crippen molar-refractivity contribution in [1.82, 2.24) is 0 Å². The van der Waals surface area contributed by atoms with Crippen LogP contribution >= 0.6 is 0 Å². The Kier molecular flexibility index (Phi) is 2.80. The molecule has 1 aromatic carbocycles. The zero-order valence-corrected chi connectivity index (χ0v) is 8.37. The highest BCUT2D eigenvalue weighted by atomic mass is 19.4. The molecule has 1 atom stereocenters. The van der Waals surface area contributed by atoms with Crippen molar-refractivity contribution >= 4 is 0 Å². The molecule has 0 heterocycles. The van der Waals surface area contributed by atoms with E-state index in [2.05, 4.69) is 0 Å². The minimum Gasteiger partial charge on any atom is -0.490 e. The van der Waals surface area contributed by atoms with Crippen LogP contribution in [0.5, 0.6) is 5.75 Å². The molecular weight excluding hydrogens is 221 g/mol. The fourth-order valence-corrected chi connectivity index (χ4v) is 1.30. The van der Waals surface area contributed by atoms with Crippen molar-refractivity contribution < 1.29 is 23.0 Å². The molecule has 1 saturated carbocycles. The molecule has 5 heteroatoms. The summed E-state index contributed by atoms with van der Waals surface area (Å²) in [7, 11) is 0. The van der Waals surface area contributed by atoms with Gasteiger partial charge in [-0.3, -0.25) is 0 Å². The van der Waals surface area contributed by atoms with Gasteiger partial charge >= 0.3 is 6.18 Å². The van der Waals surface area contributed by atoms with Gasteiger partial charge in [0.25, 0.3) is 0 Å². The molecule has 0 spiro atoms. The van der Waals surface area contributed by atoms with E-state index in [-0.39, 0.29) is 11.7 Å². The Morgan fingerprint density at radius 2 is 1.75 bits per heavy atom. The van der Waals surface area contributed by atoms with Crippen LogP contribution < -0.4 is 4.74 Å². The number of halogens is 3. The molecule has 0 bridgehead atoms. The van der Waals surface area contributed by atoms with E-state index in [1.54, 1.807) is 0 Å². The van der Waals surface area contributed by atoms with Crippen LogP contribution in [-0.4, -0.2) is 17.4 Å². The first kappa shape index (κ1) is 11.3.